The topological polar surface area (TPSA) is 0 Å². The molecule has 338 valence electrons. The highest BCUT2D eigenvalue weighted by Gasteiger charge is 2.60. The first-order chi connectivity index (χ1) is 25.4. The van der Waals surface area contributed by atoms with Crippen molar-refractivity contribution in [2.24, 2.45) is 0 Å². The molecular formula is H58P56. The van der Waals surface area contributed by atoms with Crippen LogP contribution in [0.2, 0.25) is 0 Å². The van der Waals surface area contributed by atoms with Crippen LogP contribution < -0.4 is 0 Å². The third-order valence-corrected chi connectivity index (χ3v) is 394. The van der Waals surface area contributed by atoms with Crippen molar-refractivity contribution in [2.75, 3.05) is 0 Å². The standard InChI is InChI=1S/H58P56/c1-30(2)44(29)51(43(27)28)55(52(45(31(3)4)32(5)6)46(33(7)8)34(9)10)56(53(47(35(11)12)36(13)14)48(37(15)16)38(17)18)54(49(39(19)20)40(21)22)50(41(23)24)42(25)26/h1-29H2. The normalized spacial score (nSPS) is 16.0. The lowest BCUT2D eigenvalue weighted by Gasteiger charge is -2.59. The minimum Gasteiger partial charge on any atom is -0.102 e. The molecule has 0 nitrogen and oxygen atoms in total. The zero-order chi connectivity index (χ0) is 44.6. The van der Waals surface area contributed by atoms with Gasteiger partial charge in [0.1, 0.15) is 0 Å². The summed E-state index contributed by atoms with van der Waals surface area (Å²) in [5.74, 6) is 0. The van der Waals surface area contributed by atoms with E-state index >= 15 is 0 Å². The van der Waals surface area contributed by atoms with E-state index in [1.165, 1.54) is 0 Å². The van der Waals surface area contributed by atoms with Crippen LogP contribution in [0.15, 0.2) is 0 Å². The van der Waals surface area contributed by atoms with Gasteiger partial charge in [0.05, 0.1) is 0 Å². The first kappa shape index (κ1) is 80.1. The van der Waals surface area contributed by atoms with Crippen molar-refractivity contribution >= 4 is 448 Å². The van der Waals surface area contributed by atoms with Crippen molar-refractivity contribution in [3.8, 4) is 0 Å². The van der Waals surface area contributed by atoms with Crippen molar-refractivity contribution < 1.29 is 0 Å². The molecular weight excluding hydrogens is 1730 g/mol. The fraction of sp³-hybridized carbons (Fsp3) is 0. The summed E-state index contributed by atoms with van der Waals surface area (Å²) in [6, 6.07) is 0. The maximum absolute atomic E-state index is 3.69. The van der Waals surface area contributed by atoms with Gasteiger partial charge in [0.25, 0.3) is 0 Å². The molecule has 0 saturated heterocycles. The van der Waals surface area contributed by atoms with Crippen LogP contribution in [0.25, 0.3) is 0 Å². The quantitative estimate of drug-likeness (QED) is 0.0757. The Bertz CT molecular complexity index is 847. The second kappa shape index (κ2) is 43.7. The molecule has 0 aliphatic carbocycles. The Kier molecular flexibility index (Phi) is 62.4. The van der Waals surface area contributed by atoms with Gasteiger partial charge in [-0.15, -0.1) is 259 Å². The van der Waals surface area contributed by atoms with E-state index in [1.54, 1.807) is 0 Å². The molecule has 0 fully saturated rings. The summed E-state index contributed by atoms with van der Waals surface area (Å²) in [7, 11) is 102. The average molecular weight is 1790 g/mol. The van der Waals surface area contributed by atoms with E-state index in [1.807, 2.05) is 0 Å². The fourth-order valence-corrected chi connectivity index (χ4v) is 795. The molecule has 0 heterocycles. The third kappa shape index (κ3) is 28.3. The summed E-state index contributed by atoms with van der Waals surface area (Å²) in [5.41, 5.74) is 0. The van der Waals surface area contributed by atoms with Crippen LogP contribution in [-0.2, 0) is 0 Å². The van der Waals surface area contributed by atoms with Gasteiger partial charge in [-0.05, 0) is 189 Å². The van der Waals surface area contributed by atoms with E-state index in [0.29, 0.717) is 0 Å². The number of hydrogen-bond donors (Lipinski definition) is 0. The predicted molar refractivity (Wildman–Crippen MR) is 468 cm³/mol. The first-order valence-electron chi connectivity index (χ1n) is 12.7. The van der Waals surface area contributed by atoms with E-state index < -0.39 is 0 Å². The molecule has 32 atom stereocenters. The third-order valence-electron chi connectivity index (χ3n) is 4.87. The molecule has 56 heteroatoms. The summed E-state index contributed by atoms with van der Waals surface area (Å²) in [6.07, 6.45) is 0. The predicted octanol–water partition coefficient (Wildman–Crippen LogP) is 32.7. The van der Waals surface area contributed by atoms with Crippen LogP contribution in [0.5, 0.6) is 0 Å². The van der Waals surface area contributed by atoms with Crippen LogP contribution in [0.1, 0.15) is 0 Å². The fourth-order valence-electron chi connectivity index (χ4n) is 3.27. The highest BCUT2D eigenvalue weighted by molar-refractivity contribution is 9.53. The van der Waals surface area contributed by atoms with E-state index in [9.17, 15) is 0 Å². The lowest BCUT2D eigenvalue weighted by atomic mass is 28.4. The Morgan fingerprint density at radius 3 is 0.321 bits per heavy atom. The van der Waals surface area contributed by atoms with Crippen molar-refractivity contribution in [3.63, 3.8) is 0 Å². The van der Waals surface area contributed by atoms with Crippen molar-refractivity contribution in [1.82, 2.24) is 0 Å². The Balaban J connectivity index is 10.2. The van der Waals surface area contributed by atoms with Crippen LogP contribution in [0, 0.1) is 0 Å². The van der Waals surface area contributed by atoms with E-state index in [2.05, 4.69) is 259 Å². The summed E-state index contributed by atoms with van der Waals surface area (Å²) in [5, 5.41) is 0. The summed E-state index contributed by atoms with van der Waals surface area (Å²) in [4.78, 5) is 0. The van der Waals surface area contributed by atoms with Crippen LogP contribution in [-0.4, -0.2) is 0 Å². The van der Waals surface area contributed by atoms with E-state index in [0.717, 1.165) is 0 Å². The SMILES string of the molecule is PP(P)P(P)P(P(P)P)P(P(P(P(P)P)P(P)P)P(P(P)P)P(P)P)P(P(P(P(P)P)P(P)P)P(P(P)P)P(P)P)P(P(P(P)P)P(P)P)P(P(P)P)P(P)P. The van der Waals surface area contributed by atoms with Gasteiger partial charge in [-0.1, -0.05) is 0 Å². The molecule has 32 unspecified atom stereocenters. The van der Waals surface area contributed by atoms with Gasteiger partial charge < -0.3 is 0 Å². The molecule has 0 N–H and O–H groups in total. The van der Waals surface area contributed by atoms with Gasteiger partial charge >= 0.3 is 0 Å². The Labute approximate surface area is 441 Å². The van der Waals surface area contributed by atoms with E-state index in [-0.39, 0.29) is 189 Å². The molecule has 56 heavy (non-hydrogen) atoms. The zero-order valence-corrected chi connectivity index (χ0v) is 86.5. The van der Waals surface area contributed by atoms with Crippen molar-refractivity contribution in [1.29, 1.82) is 0 Å². The lowest BCUT2D eigenvalue weighted by molar-refractivity contribution is 4.34. The minimum atomic E-state index is -0.255. The summed E-state index contributed by atoms with van der Waals surface area (Å²) in [6.45, 7) is -5.54. The van der Waals surface area contributed by atoms with Gasteiger partial charge in [-0.3, -0.25) is 0 Å². The number of rotatable bonds is 26. The molecule has 0 aromatic heterocycles. The molecule has 0 rings (SSSR count). The van der Waals surface area contributed by atoms with Gasteiger partial charge in [0.15, 0.2) is 0 Å². The number of hydrogen-bond acceptors (Lipinski definition) is 0. The Morgan fingerprint density at radius 2 is 0.214 bits per heavy atom. The molecule has 0 saturated carbocycles. The molecule has 0 radical (unpaired) electrons. The van der Waals surface area contributed by atoms with Crippen molar-refractivity contribution in [2.45, 2.75) is 0 Å². The van der Waals surface area contributed by atoms with Crippen LogP contribution in [0.4, 0.5) is 0 Å². The van der Waals surface area contributed by atoms with Crippen molar-refractivity contribution in [3.05, 3.63) is 0 Å². The highest BCUT2D eigenvalue weighted by Crippen LogP contribution is 3.47. The Morgan fingerprint density at radius 1 is 0.107 bits per heavy atom. The molecule has 0 aliphatic rings. The van der Waals surface area contributed by atoms with Gasteiger partial charge in [0, 0.05) is 0 Å². The molecule has 0 amide bonds. The van der Waals surface area contributed by atoms with Gasteiger partial charge in [-0.2, -0.15) is 0 Å². The molecule has 0 aromatic rings. The van der Waals surface area contributed by atoms with Crippen LogP contribution in [0.3, 0.4) is 0 Å². The maximum atomic E-state index is 3.69. The molecule has 0 aliphatic heterocycles. The summed E-state index contributed by atoms with van der Waals surface area (Å²) >= 11 is 0. The van der Waals surface area contributed by atoms with Gasteiger partial charge in [-0.25, -0.2) is 0 Å². The minimum absolute atomic E-state index is 0.158. The average Bonchev–Trinajstić information content (AvgIpc) is 2.97. The largest absolute Gasteiger partial charge is 0.102 e. The maximum Gasteiger partial charge on any atom is -0.0000127 e. The monoisotopic (exact) mass is 1790 g/mol. The molecule has 0 bridgehead atoms. The molecule has 0 spiro atoms. The smallest absolute Gasteiger partial charge is 0.0000127 e. The molecule has 0 aromatic carbocycles. The Hall–Kier alpha value is 24.1. The summed E-state index contributed by atoms with van der Waals surface area (Å²) < 4.78 is 0. The lowest BCUT2D eigenvalue weighted by Crippen LogP contribution is -1.72. The highest BCUT2D eigenvalue weighted by atomic mass is 33.6. The zero-order valence-electron chi connectivity index (χ0n) is 28.8. The van der Waals surface area contributed by atoms with Gasteiger partial charge in [0.2, 0.25) is 0 Å². The first-order valence-corrected chi connectivity index (χ1v) is 114. The second-order valence-electron chi connectivity index (χ2n) is 8.86. The van der Waals surface area contributed by atoms with E-state index in [4.69, 9.17) is 0 Å². The second-order valence-corrected chi connectivity index (χ2v) is 239. The van der Waals surface area contributed by atoms with Crippen LogP contribution >= 0.6 is 448 Å².